The van der Waals surface area contributed by atoms with Crippen molar-refractivity contribution in [2.45, 2.75) is 52.3 Å². The molecular formula is C13H22FNO4. The number of piperidine rings is 1. The van der Waals surface area contributed by atoms with Gasteiger partial charge in [0.05, 0.1) is 12.0 Å². The Balaban J connectivity index is 2.86. The number of halogens is 1. The van der Waals surface area contributed by atoms with Gasteiger partial charge in [-0.3, -0.25) is 4.79 Å². The Hall–Kier alpha value is -1.33. The van der Waals surface area contributed by atoms with Crippen LogP contribution in [-0.4, -0.2) is 46.9 Å². The average Bonchev–Trinajstić information content (AvgIpc) is 2.25. The Kier molecular flexibility index (Phi) is 4.43. The largest absolute Gasteiger partial charge is 0.481 e. The van der Waals surface area contributed by atoms with Crippen LogP contribution in [0, 0.1) is 5.41 Å². The van der Waals surface area contributed by atoms with Crippen molar-refractivity contribution in [3.05, 3.63) is 0 Å². The maximum Gasteiger partial charge on any atom is 0.410 e. The molecule has 2 atom stereocenters. The van der Waals surface area contributed by atoms with Crippen molar-refractivity contribution >= 4 is 12.1 Å². The number of aliphatic carboxylic acids is 1. The molecule has 6 heteroatoms. The monoisotopic (exact) mass is 275 g/mol. The van der Waals surface area contributed by atoms with Crippen LogP contribution in [-0.2, 0) is 9.53 Å². The summed E-state index contributed by atoms with van der Waals surface area (Å²) in [6, 6.07) is 0. The summed E-state index contributed by atoms with van der Waals surface area (Å²) in [4.78, 5) is 24.5. The first kappa shape index (κ1) is 15.7. The third-order valence-corrected chi connectivity index (χ3v) is 3.31. The van der Waals surface area contributed by atoms with Gasteiger partial charge in [-0.05, 0) is 33.6 Å². The number of nitrogens with zero attached hydrogens (tertiary/aromatic N) is 1. The molecule has 1 saturated heterocycles. The number of likely N-dealkylation sites (tertiary alicyclic amines) is 1. The van der Waals surface area contributed by atoms with Crippen molar-refractivity contribution in [3.8, 4) is 0 Å². The molecule has 110 valence electrons. The van der Waals surface area contributed by atoms with Gasteiger partial charge in [0, 0.05) is 6.54 Å². The van der Waals surface area contributed by atoms with Crippen LogP contribution in [0.2, 0.25) is 0 Å². The highest BCUT2D eigenvalue weighted by Crippen LogP contribution is 2.35. The van der Waals surface area contributed by atoms with Crippen LogP contribution in [0.1, 0.15) is 40.5 Å². The number of carbonyl (C=O) groups excluding carboxylic acids is 1. The summed E-state index contributed by atoms with van der Waals surface area (Å²) in [6.45, 7) is 6.72. The fraction of sp³-hybridized carbons (Fsp3) is 0.846. The molecule has 0 bridgehead atoms. The minimum Gasteiger partial charge on any atom is -0.481 e. The molecule has 0 aromatic carbocycles. The average molecular weight is 275 g/mol. The number of ether oxygens (including phenoxy) is 1. The Morgan fingerprint density at radius 2 is 2.05 bits per heavy atom. The second-order valence-corrected chi connectivity index (χ2v) is 6.10. The molecule has 1 rings (SSSR count). The lowest BCUT2D eigenvalue weighted by Gasteiger charge is -2.41. The van der Waals surface area contributed by atoms with Crippen molar-refractivity contribution in [2.24, 2.45) is 5.41 Å². The Labute approximate surface area is 112 Å². The lowest BCUT2D eigenvalue weighted by Crippen LogP contribution is -2.54. The van der Waals surface area contributed by atoms with Crippen LogP contribution in [0.3, 0.4) is 0 Å². The molecule has 2 unspecified atom stereocenters. The third-order valence-electron chi connectivity index (χ3n) is 3.31. The van der Waals surface area contributed by atoms with Gasteiger partial charge >= 0.3 is 12.1 Å². The molecule has 0 radical (unpaired) electrons. The van der Waals surface area contributed by atoms with Gasteiger partial charge in [0.2, 0.25) is 0 Å². The Morgan fingerprint density at radius 3 is 2.47 bits per heavy atom. The first-order valence-electron chi connectivity index (χ1n) is 6.45. The van der Waals surface area contributed by atoms with Crippen molar-refractivity contribution in [1.29, 1.82) is 0 Å². The lowest BCUT2D eigenvalue weighted by atomic mass is 9.77. The number of carboxylic acid groups (broad SMARTS) is 1. The zero-order valence-corrected chi connectivity index (χ0v) is 11.9. The standard InChI is InChI=1S/C13H22FNO4/c1-5-13(10(16)17)6-9(14)7-15(8-13)11(18)19-12(2,3)4/h9H,5-8H2,1-4H3,(H,16,17). The zero-order valence-electron chi connectivity index (χ0n) is 11.9. The third kappa shape index (κ3) is 3.81. The summed E-state index contributed by atoms with van der Waals surface area (Å²) in [5.41, 5.74) is -1.90. The number of amides is 1. The lowest BCUT2D eigenvalue weighted by molar-refractivity contribution is -0.154. The van der Waals surface area contributed by atoms with Crippen molar-refractivity contribution < 1.29 is 23.8 Å². The second-order valence-electron chi connectivity index (χ2n) is 6.10. The van der Waals surface area contributed by atoms with Crippen molar-refractivity contribution in [1.82, 2.24) is 4.90 Å². The van der Waals surface area contributed by atoms with Crippen molar-refractivity contribution in [3.63, 3.8) is 0 Å². The van der Waals surface area contributed by atoms with E-state index in [1.54, 1.807) is 27.7 Å². The quantitative estimate of drug-likeness (QED) is 0.840. The van der Waals surface area contributed by atoms with Crippen LogP contribution < -0.4 is 0 Å². The molecule has 1 aliphatic heterocycles. The fourth-order valence-electron chi connectivity index (χ4n) is 2.25. The van der Waals surface area contributed by atoms with E-state index in [-0.39, 0.29) is 25.9 Å². The van der Waals surface area contributed by atoms with E-state index in [0.717, 1.165) is 4.90 Å². The molecule has 0 aromatic rings. The van der Waals surface area contributed by atoms with E-state index in [0.29, 0.717) is 0 Å². The minimum atomic E-state index is -1.34. The SMILES string of the molecule is CCC1(C(=O)O)CC(F)CN(C(=O)OC(C)(C)C)C1. The van der Waals surface area contributed by atoms with Gasteiger partial charge in [0.1, 0.15) is 11.8 Å². The van der Waals surface area contributed by atoms with Crippen molar-refractivity contribution in [2.75, 3.05) is 13.1 Å². The molecule has 1 fully saturated rings. The van der Waals surface area contributed by atoms with E-state index < -0.39 is 29.3 Å². The summed E-state index contributed by atoms with van der Waals surface area (Å²) in [6.07, 6.45) is -1.77. The summed E-state index contributed by atoms with van der Waals surface area (Å²) in [7, 11) is 0. The highest BCUT2D eigenvalue weighted by atomic mass is 19.1. The molecule has 1 aliphatic rings. The zero-order chi connectivity index (χ0) is 14.8. The normalized spacial score (nSPS) is 28.1. The van der Waals surface area contributed by atoms with Gasteiger partial charge in [-0.25, -0.2) is 9.18 Å². The van der Waals surface area contributed by atoms with Crippen LogP contribution in [0.5, 0.6) is 0 Å². The van der Waals surface area contributed by atoms with Gasteiger partial charge in [-0.15, -0.1) is 0 Å². The maximum atomic E-state index is 13.8. The highest BCUT2D eigenvalue weighted by molar-refractivity contribution is 5.77. The van der Waals surface area contributed by atoms with E-state index in [1.165, 1.54) is 0 Å². The molecule has 19 heavy (non-hydrogen) atoms. The topological polar surface area (TPSA) is 66.8 Å². The van der Waals surface area contributed by atoms with E-state index in [1.807, 2.05) is 0 Å². The first-order chi connectivity index (χ1) is 8.59. The highest BCUT2D eigenvalue weighted by Gasteiger charge is 2.46. The van der Waals surface area contributed by atoms with Gasteiger partial charge in [-0.1, -0.05) is 6.92 Å². The number of carbonyl (C=O) groups is 2. The number of alkyl halides is 1. The molecule has 0 saturated carbocycles. The van der Waals surface area contributed by atoms with Crippen LogP contribution >= 0.6 is 0 Å². The molecular weight excluding hydrogens is 253 g/mol. The molecule has 1 N–H and O–H groups in total. The van der Waals surface area contributed by atoms with Crippen LogP contribution in [0.4, 0.5) is 9.18 Å². The minimum absolute atomic E-state index is 0.00579. The second kappa shape index (κ2) is 5.35. The predicted molar refractivity (Wildman–Crippen MR) is 67.7 cm³/mol. The van der Waals surface area contributed by atoms with Gasteiger partial charge in [0.15, 0.2) is 0 Å². The number of rotatable bonds is 2. The fourth-order valence-corrected chi connectivity index (χ4v) is 2.25. The van der Waals surface area contributed by atoms with Gasteiger partial charge < -0.3 is 14.7 Å². The number of hydrogen-bond donors (Lipinski definition) is 1. The van der Waals surface area contributed by atoms with E-state index >= 15 is 0 Å². The maximum absolute atomic E-state index is 13.8. The van der Waals surface area contributed by atoms with Gasteiger partial charge in [0.25, 0.3) is 0 Å². The molecule has 0 aromatic heterocycles. The number of hydrogen-bond acceptors (Lipinski definition) is 3. The Bertz CT molecular complexity index is 366. The summed E-state index contributed by atoms with van der Waals surface area (Å²) >= 11 is 0. The van der Waals surface area contributed by atoms with Crippen LogP contribution in [0.15, 0.2) is 0 Å². The number of carboxylic acids is 1. The van der Waals surface area contributed by atoms with E-state index in [2.05, 4.69) is 0 Å². The summed E-state index contributed by atoms with van der Waals surface area (Å²) < 4.78 is 18.9. The predicted octanol–water partition coefficient (Wildman–Crippen LogP) is 2.45. The molecule has 5 nitrogen and oxygen atoms in total. The Morgan fingerprint density at radius 1 is 1.47 bits per heavy atom. The molecule has 1 amide bonds. The molecule has 0 spiro atoms. The van der Waals surface area contributed by atoms with E-state index in [4.69, 9.17) is 4.74 Å². The summed E-state index contributed by atoms with van der Waals surface area (Å²) in [5.74, 6) is -1.06. The van der Waals surface area contributed by atoms with E-state index in [9.17, 15) is 19.1 Å². The summed E-state index contributed by atoms with van der Waals surface area (Å²) in [5, 5.41) is 9.29. The molecule has 0 aliphatic carbocycles. The smallest absolute Gasteiger partial charge is 0.410 e. The van der Waals surface area contributed by atoms with Crippen LogP contribution in [0.25, 0.3) is 0 Å². The van der Waals surface area contributed by atoms with Gasteiger partial charge in [-0.2, -0.15) is 0 Å². The molecule has 1 heterocycles. The first-order valence-corrected chi connectivity index (χ1v) is 6.45.